The number of nitrogens with two attached hydrogens (primary N) is 1. The molecule has 0 aliphatic rings. The maximum absolute atomic E-state index is 13.2. The Labute approximate surface area is 109 Å². The maximum Gasteiger partial charge on any atom is 0.205 e. The number of methoxy groups -OCH3 is 1. The van der Waals surface area contributed by atoms with Gasteiger partial charge in [0, 0.05) is 5.69 Å². The van der Waals surface area contributed by atoms with Gasteiger partial charge in [-0.05, 0) is 24.6 Å². The van der Waals surface area contributed by atoms with E-state index in [0.717, 1.165) is 5.56 Å². The van der Waals surface area contributed by atoms with Gasteiger partial charge in [-0.1, -0.05) is 6.07 Å². The third-order valence-corrected chi connectivity index (χ3v) is 2.60. The fourth-order valence-electron chi connectivity index (χ4n) is 1.62. The van der Waals surface area contributed by atoms with Crippen LogP contribution >= 0.6 is 0 Å². The van der Waals surface area contributed by atoms with Crippen LogP contribution in [0.15, 0.2) is 24.5 Å². The lowest BCUT2D eigenvalue weighted by Gasteiger charge is -2.13. The van der Waals surface area contributed by atoms with Crippen molar-refractivity contribution in [3.63, 3.8) is 0 Å². The van der Waals surface area contributed by atoms with E-state index in [2.05, 4.69) is 20.7 Å². The van der Waals surface area contributed by atoms with Gasteiger partial charge >= 0.3 is 0 Å². The molecule has 2 aromatic rings. The van der Waals surface area contributed by atoms with Gasteiger partial charge in [0.2, 0.25) is 5.75 Å². The number of anilines is 3. The summed E-state index contributed by atoms with van der Waals surface area (Å²) in [5.41, 5.74) is 3.88. The zero-order valence-electron chi connectivity index (χ0n) is 10.6. The molecule has 0 aliphatic heterocycles. The summed E-state index contributed by atoms with van der Waals surface area (Å²) in [5.74, 6) is 6.10. The number of halogens is 1. The molecule has 0 saturated heterocycles. The number of hydrogen-bond acceptors (Lipinski definition) is 6. The Morgan fingerprint density at radius 2 is 2.00 bits per heavy atom. The molecule has 4 N–H and O–H groups in total. The largest absolute Gasteiger partial charge is 0.490 e. The predicted molar refractivity (Wildman–Crippen MR) is 70.8 cm³/mol. The first-order chi connectivity index (χ1) is 9.15. The van der Waals surface area contributed by atoms with E-state index in [1.54, 1.807) is 6.07 Å². The van der Waals surface area contributed by atoms with Crippen molar-refractivity contribution in [1.82, 2.24) is 9.97 Å². The number of nitrogens with one attached hydrogen (secondary N) is 2. The molecule has 0 radical (unpaired) electrons. The number of aromatic nitrogens is 2. The fraction of sp³-hybridized carbons (Fsp3) is 0.167. The van der Waals surface area contributed by atoms with Gasteiger partial charge < -0.3 is 15.5 Å². The second-order valence-electron chi connectivity index (χ2n) is 3.83. The van der Waals surface area contributed by atoms with Crippen LogP contribution in [0.5, 0.6) is 5.75 Å². The smallest absolute Gasteiger partial charge is 0.205 e. The highest BCUT2D eigenvalue weighted by Gasteiger charge is 2.12. The van der Waals surface area contributed by atoms with Gasteiger partial charge in [-0.25, -0.2) is 20.2 Å². The third kappa shape index (κ3) is 2.71. The Morgan fingerprint density at radius 3 is 2.68 bits per heavy atom. The van der Waals surface area contributed by atoms with E-state index in [1.165, 1.54) is 25.6 Å². The number of nitrogen functional groups attached to an aromatic ring is 1. The van der Waals surface area contributed by atoms with Gasteiger partial charge in [0.15, 0.2) is 11.6 Å². The number of rotatable bonds is 4. The number of benzene rings is 1. The van der Waals surface area contributed by atoms with Crippen molar-refractivity contribution in [2.24, 2.45) is 5.84 Å². The zero-order valence-corrected chi connectivity index (χ0v) is 10.6. The molecule has 0 bridgehead atoms. The summed E-state index contributed by atoms with van der Waals surface area (Å²) in [7, 11) is 1.48. The molecular weight excluding hydrogens is 249 g/mol. The van der Waals surface area contributed by atoms with Crippen LogP contribution in [0.1, 0.15) is 5.56 Å². The second-order valence-corrected chi connectivity index (χ2v) is 3.83. The lowest BCUT2D eigenvalue weighted by molar-refractivity contribution is 0.415. The molecule has 2 rings (SSSR count). The fourth-order valence-corrected chi connectivity index (χ4v) is 1.62. The van der Waals surface area contributed by atoms with Crippen molar-refractivity contribution in [1.29, 1.82) is 0 Å². The minimum Gasteiger partial charge on any atom is -0.490 e. The summed E-state index contributed by atoms with van der Waals surface area (Å²) < 4.78 is 18.4. The number of hydrazine groups is 1. The van der Waals surface area contributed by atoms with Gasteiger partial charge in [-0.15, -0.1) is 0 Å². The van der Waals surface area contributed by atoms with E-state index in [0.29, 0.717) is 23.1 Å². The molecule has 1 heterocycles. The van der Waals surface area contributed by atoms with Crippen molar-refractivity contribution >= 4 is 17.3 Å². The van der Waals surface area contributed by atoms with Crippen LogP contribution in [0.3, 0.4) is 0 Å². The first kappa shape index (κ1) is 13.0. The Kier molecular flexibility index (Phi) is 3.76. The molecule has 6 nitrogen and oxygen atoms in total. The zero-order chi connectivity index (χ0) is 13.8. The minimum atomic E-state index is -0.335. The summed E-state index contributed by atoms with van der Waals surface area (Å²) in [5, 5.41) is 3.00. The van der Waals surface area contributed by atoms with Crippen LogP contribution in [-0.4, -0.2) is 17.1 Å². The molecule has 0 atom stereocenters. The number of aryl methyl sites for hydroxylation is 1. The number of hydrogen-bond donors (Lipinski definition) is 3. The van der Waals surface area contributed by atoms with Crippen molar-refractivity contribution in [3.8, 4) is 5.75 Å². The monoisotopic (exact) mass is 263 g/mol. The molecule has 1 aromatic heterocycles. The average molecular weight is 263 g/mol. The molecule has 100 valence electrons. The van der Waals surface area contributed by atoms with Crippen molar-refractivity contribution in [3.05, 3.63) is 35.9 Å². The first-order valence-corrected chi connectivity index (χ1v) is 5.54. The highest BCUT2D eigenvalue weighted by atomic mass is 19.1. The van der Waals surface area contributed by atoms with E-state index in [1.807, 2.05) is 6.92 Å². The van der Waals surface area contributed by atoms with Crippen LogP contribution < -0.4 is 21.3 Å². The summed E-state index contributed by atoms with van der Waals surface area (Å²) in [6, 6.07) is 4.45. The molecule has 0 fully saturated rings. The lowest BCUT2D eigenvalue weighted by Crippen LogP contribution is -2.11. The number of nitrogens with zero attached hydrogens (tertiary/aromatic N) is 2. The van der Waals surface area contributed by atoms with E-state index < -0.39 is 0 Å². The van der Waals surface area contributed by atoms with Crippen LogP contribution in [0, 0.1) is 12.7 Å². The van der Waals surface area contributed by atoms with Crippen molar-refractivity contribution in [2.45, 2.75) is 6.92 Å². The Bertz CT molecular complexity index is 590. The summed E-state index contributed by atoms with van der Waals surface area (Å²) in [6.07, 6.45) is 1.33. The van der Waals surface area contributed by atoms with Crippen molar-refractivity contribution < 1.29 is 9.13 Å². The van der Waals surface area contributed by atoms with Gasteiger partial charge in [-0.2, -0.15) is 0 Å². The highest BCUT2D eigenvalue weighted by Crippen LogP contribution is 2.31. The van der Waals surface area contributed by atoms with Gasteiger partial charge in [0.05, 0.1) is 7.11 Å². The van der Waals surface area contributed by atoms with Crippen LogP contribution in [-0.2, 0) is 0 Å². The molecule has 0 unspecified atom stereocenters. The van der Waals surface area contributed by atoms with Crippen molar-refractivity contribution in [2.75, 3.05) is 17.9 Å². The quantitative estimate of drug-likeness (QED) is 0.577. The second kappa shape index (κ2) is 5.49. The molecule has 0 spiro atoms. The summed E-state index contributed by atoms with van der Waals surface area (Å²) in [6.45, 7) is 1.86. The normalized spacial score (nSPS) is 10.1. The average Bonchev–Trinajstić information content (AvgIpc) is 2.42. The molecule has 0 saturated carbocycles. The van der Waals surface area contributed by atoms with E-state index in [-0.39, 0.29) is 5.82 Å². The van der Waals surface area contributed by atoms with Gasteiger partial charge in [-0.3, -0.25) is 0 Å². The first-order valence-electron chi connectivity index (χ1n) is 5.54. The Balaban J connectivity index is 2.40. The highest BCUT2D eigenvalue weighted by molar-refractivity contribution is 5.70. The van der Waals surface area contributed by atoms with Gasteiger partial charge in [0.25, 0.3) is 0 Å². The summed E-state index contributed by atoms with van der Waals surface area (Å²) in [4.78, 5) is 7.98. The molecule has 0 aliphatic carbocycles. The topological polar surface area (TPSA) is 85.1 Å². The number of ether oxygens (including phenoxy) is 1. The molecule has 7 heteroatoms. The van der Waals surface area contributed by atoms with Gasteiger partial charge in [0.1, 0.15) is 12.1 Å². The Morgan fingerprint density at radius 1 is 1.26 bits per heavy atom. The SMILES string of the molecule is COc1c(NN)ncnc1Nc1cc(F)ccc1C. The minimum absolute atomic E-state index is 0.335. The van der Waals surface area contributed by atoms with E-state index >= 15 is 0 Å². The third-order valence-electron chi connectivity index (χ3n) is 2.60. The lowest BCUT2D eigenvalue weighted by atomic mass is 10.2. The van der Waals surface area contributed by atoms with Crippen LogP contribution in [0.25, 0.3) is 0 Å². The summed E-state index contributed by atoms with van der Waals surface area (Å²) >= 11 is 0. The maximum atomic E-state index is 13.2. The van der Waals surface area contributed by atoms with E-state index in [9.17, 15) is 4.39 Å². The van der Waals surface area contributed by atoms with Crippen LogP contribution in [0.4, 0.5) is 21.7 Å². The molecule has 19 heavy (non-hydrogen) atoms. The predicted octanol–water partition coefficient (Wildman–Crippen LogP) is 1.96. The molecular formula is C12H14FN5O. The van der Waals surface area contributed by atoms with Crippen LogP contribution in [0.2, 0.25) is 0 Å². The standard InChI is InChI=1S/C12H14FN5O/c1-7-3-4-8(13)5-9(7)17-11-10(19-2)12(18-14)16-6-15-11/h3-6H,14H2,1-2H3,(H2,15,16,17,18). The molecule has 0 amide bonds. The molecule has 1 aromatic carbocycles. The Hall–Kier alpha value is -2.41. The van der Waals surface area contributed by atoms with E-state index in [4.69, 9.17) is 10.6 Å².